The van der Waals surface area contributed by atoms with Crippen LogP contribution in [0.15, 0.2) is 0 Å². The summed E-state index contributed by atoms with van der Waals surface area (Å²) in [5, 5.41) is 3.03. The van der Waals surface area contributed by atoms with Crippen molar-refractivity contribution in [2.24, 2.45) is 11.3 Å². The Kier molecular flexibility index (Phi) is 2.45. The Morgan fingerprint density at radius 2 is 1.81 bits per heavy atom. The Morgan fingerprint density at radius 3 is 2.19 bits per heavy atom. The van der Waals surface area contributed by atoms with Crippen LogP contribution < -0.4 is 5.32 Å². The van der Waals surface area contributed by atoms with Gasteiger partial charge in [0.2, 0.25) is 0 Å². The number of rotatable bonds is 1. The Morgan fingerprint density at radius 1 is 1.25 bits per heavy atom. The zero-order valence-corrected chi connectivity index (χ0v) is 8.26. The van der Waals surface area contributed by atoms with Crippen molar-refractivity contribution in [3.8, 4) is 0 Å². The minimum Gasteiger partial charge on any atom is -0.386 e. The molecular weight excluding hydrogens is 227 g/mol. The first-order chi connectivity index (χ1) is 7.32. The van der Waals surface area contributed by atoms with Crippen LogP contribution in [0.2, 0.25) is 0 Å². The molecule has 0 aromatic carbocycles. The average Bonchev–Trinajstić information content (AvgIpc) is 1.96. The van der Waals surface area contributed by atoms with Crippen molar-refractivity contribution >= 4 is 11.9 Å². The minimum atomic E-state index is -5.10. The summed E-state index contributed by atoms with van der Waals surface area (Å²) < 4.78 is 39.1. The van der Waals surface area contributed by atoms with Crippen LogP contribution in [-0.2, 0) is 14.3 Å². The normalized spacial score (nSPS) is 23.4. The van der Waals surface area contributed by atoms with E-state index in [1.165, 1.54) is 0 Å². The number of ether oxygens (including phenoxy) is 1. The lowest BCUT2D eigenvalue weighted by Crippen LogP contribution is -2.61. The van der Waals surface area contributed by atoms with Gasteiger partial charge in [0.15, 0.2) is 0 Å². The third-order valence-corrected chi connectivity index (χ3v) is 3.12. The van der Waals surface area contributed by atoms with Crippen molar-refractivity contribution < 1.29 is 27.5 Å². The Bertz CT molecular complexity index is 327. The molecular formula is C9H10F3NO3. The minimum absolute atomic E-state index is 0.0605. The highest BCUT2D eigenvalue weighted by molar-refractivity contribution is 5.90. The second-order valence-electron chi connectivity index (χ2n) is 4.42. The van der Waals surface area contributed by atoms with Crippen molar-refractivity contribution in [2.75, 3.05) is 13.1 Å². The molecule has 1 spiro atoms. The highest BCUT2D eigenvalue weighted by Crippen LogP contribution is 2.48. The van der Waals surface area contributed by atoms with Crippen LogP contribution in [0, 0.1) is 11.3 Å². The predicted molar refractivity (Wildman–Crippen MR) is 45.2 cm³/mol. The monoisotopic (exact) mass is 237 g/mol. The van der Waals surface area contributed by atoms with Crippen LogP contribution in [0.1, 0.15) is 12.8 Å². The molecule has 2 fully saturated rings. The predicted octanol–water partition coefficient (Wildman–Crippen LogP) is 0.618. The molecule has 1 aliphatic heterocycles. The molecule has 1 N–H and O–H groups in total. The van der Waals surface area contributed by atoms with Gasteiger partial charge in [0.1, 0.15) is 0 Å². The maximum atomic E-state index is 11.8. The first-order valence-corrected chi connectivity index (χ1v) is 4.86. The maximum absolute atomic E-state index is 11.8. The molecule has 0 bridgehead atoms. The second kappa shape index (κ2) is 3.44. The molecule has 0 amide bonds. The summed E-state index contributed by atoms with van der Waals surface area (Å²) in [6.45, 7) is 1.56. The number of hydrogen-bond donors (Lipinski definition) is 1. The molecule has 0 unspecified atom stereocenters. The molecule has 7 heteroatoms. The lowest BCUT2D eigenvalue weighted by molar-refractivity contribution is -0.205. The molecule has 0 atom stereocenters. The molecule has 2 rings (SSSR count). The van der Waals surface area contributed by atoms with Gasteiger partial charge >= 0.3 is 18.1 Å². The lowest BCUT2D eigenvalue weighted by atomic mass is 9.58. The second-order valence-corrected chi connectivity index (χ2v) is 4.42. The zero-order chi connectivity index (χ0) is 12.0. The van der Waals surface area contributed by atoms with E-state index in [-0.39, 0.29) is 5.41 Å². The number of carbonyl (C=O) groups excluding carboxylic acids is 2. The summed E-state index contributed by atoms with van der Waals surface area (Å²) in [5.74, 6) is -4.04. The van der Waals surface area contributed by atoms with E-state index >= 15 is 0 Å². The molecule has 16 heavy (non-hydrogen) atoms. The van der Waals surface area contributed by atoms with E-state index in [0.717, 1.165) is 13.1 Å². The highest BCUT2D eigenvalue weighted by Gasteiger charge is 2.53. The third-order valence-electron chi connectivity index (χ3n) is 3.12. The summed E-state index contributed by atoms with van der Waals surface area (Å²) in [6.07, 6.45) is -4.09. The van der Waals surface area contributed by atoms with Crippen molar-refractivity contribution in [1.29, 1.82) is 0 Å². The van der Waals surface area contributed by atoms with E-state index in [4.69, 9.17) is 0 Å². The SMILES string of the molecule is O=C(OC(=O)C(F)(F)F)C1CC2(CNC2)C1. The highest BCUT2D eigenvalue weighted by atomic mass is 19.4. The average molecular weight is 237 g/mol. The van der Waals surface area contributed by atoms with Crippen LogP contribution in [0.5, 0.6) is 0 Å². The number of alkyl halides is 3. The zero-order valence-electron chi connectivity index (χ0n) is 8.26. The third kappa shape index (κ3) is 1.91. The van der Waals surface area contributed by atoms with Gasteiger partial charge in [-0.25, -0.2) is 4.79 Å². The number of nitrogens with one attached hydrogen (secondary N) is 1. The Labute approximate surface area is 89.1 Å². The van der Waals surface area contributed by atoms with E-state index in [1.54, 1.807) is 0 Å². The van der Waals surface area contributed by atoms with E-state index in [2.05, 4.69) is 10.1 Å². The molecule has 4 nitrogen and oxygen atoms in total. The van der Waals surface area contributed by atoms with Gasteiger partial charge in [-0.1, -0.05) is 0 Å². The van der Waals surface area contributed by atoms with Gasteiger partial charge in [-0.05, 0) is 18.3 Å². The van der Waals surface area contributed by atoms with Gasteiger partial charge in [-0.15, -0.1) is 0 Å². The molecule has 1 saturated carbocycles. The van der Waals surface area contributed by atoms with Crippen LogP contribution in [0.4, 0.5) is 13.2 Å². The van der Waals surface area contributed by atoms with Crippen LogP contribution in [0.25, 0.3) is 0 Å². The summed E-state index contributed by atoms with van der Waals surface area (Å²) in [5.41, 5.74) is 0.0605. The number of esters is 2. The number of carbonyl (C=O) groups is 2. The van der Waals surface area contributed by atoms with Gasteiger partial charge in [0.25, 0.3) is 0 Å². The van der Waals surface area contributed by atoms with E-state index in [0.29, 0.717) is 12.8 Å². The van der Waals surface area contributed by atoms with Gasteiger partial charge in [-0.3, -0.25) is 4.79 Å². The smallest absolute Gasteiger partial charge is 0.386 e. The Balaban J connectivity index is 1.80. The van der Waals surface area contributed by atoms with E-state index in [1.807, 2.05) is 0 Å². The topological polar surface area (TPSA) is 55.4 Å². The number of hydrogen-bond acceptors (Lipinski definition) is 4. The molecule has 1 aliphatic carbocycles. The summed E-state index contributed by atoms with van der Waals surface area (Å²) in [4.78, 5) is 21.5. The largest absolute Gasteiger partial charge is 0.491 e. The first kappa shape index (κ1) is 11.4. The van der Waals surface area contributed by atoms with Gasteiger partial charge in [0, 0.05) is 13.1 Å². The lowest BCUT2D eigenvalue weighted by Gasteiger charge is -2.53. The van der Waals surface area contributed by atoms with Gasteiger partial charge < -0.3 is 10.1 Å². The van der Waals surface area contributed by atoms with Gasteiger partial charge in [-0.2, -0.15) is 13.2 Å². The van der Waals surface area contributed by atoms with Crippen molar-refractivity contribution in [1.82, 2.24) is 5.32 Å². The van der Waals surface area contributed by atoms with Crippen LogP contribution >= 0.6 is 0 Å². The fraction of sp³-hybridized carbons (Fsp3) is 0.778. The quantitative estimate of drug-likeness (QED) is 0.536. The van der Waals surface area contributed by atoms with E-state index < -0.39 is 24.0 Å². The maximum Gasteiger partial charge on any atom is 0.491 e. The van der Waals surface area contributed by atoms with Crippen LogP contribution in [0.3, 0.4) is 0 Å². The molecule has 0 aromatic rings. The van der Waals surface area contributed by atoms with Crippen molar-refractivity contribution in [3.05, 3.63) is 0 Å². The molecule has 1 heterocycles. The summed E-state index contributed by atoms with van der Waals surface area (Å²) in [6, 6.07) is 0. The summed E-state index contributed by atoms with van der Waals surface area (Å²) in [7, 11) is 0. The molecule has 90 valence electrons. The summed E-state index contributed by atoms with van der Waals surface area (Å²) >= 11 is 0. The first-order valence-electron chi connectivity index (χ1n) is 4.86. The molecule has 1 saturated heterocycles. The van der Waals surface area contributed by atoms with Crippen molar-refractivity contribution in [2.45, 2.75) is 19.0 Å². The van der Waals surface area contributed by atoms with Gasteiger partial charge in [0.05, 0.1) is 5.92 Å². The van der Waals surface area contributed by atoms with Crippen LogP contribution in [-0.4, -0.2) is 31.2 Å². The molecule has 0 radical (unpaired) electrons. The molecule has 2 aliphatic rings. The fourth-order valence-electron chi connectivity index (χ4n) is 2.15. The van der Waals surface area contributed by atoms with Crippen molar-refractivity contribution in [3.63, 3.8) is 0 Å². The standard InChI is InChI=1S/C9H10F3NO3/c10-9(11,12)7(15)16-6(14)5-1-8(2-5)3-13-4-8/h5,13H,1-4H2. The van der Waals surface area contributed by atoms with E-state index in [9.17, 15) is 22.8 Å². The Hall–Kier alpha value is -1.11. The molecule has 0 aromatic heterocycles. The number of halogens is 3. The fourth-order valence-corrected chi connectivity index (χ4v) is 2.15.